The van der Waals surface area contributed by atoms with Crippen LogP contribution in [0.25, 0.3) is 0 Å². The van der Waals surface area contributed by atoms with Gasteiger partial charge in [-0.3, -0.25) is 4.79 Å². The third-order valence-corrected chi connectivity index (χ3v) is 7.54. The normalized spacial score (nSPS) is 27.8. The summed E-state index contributed by atoms with van der Waals surface area (Å²) in [5.41, 5.74) is 1.72. The Morgan fingerprint density at radius 2 is 1.90 bits per heavy atom. The second kappa shape index (κ2) is 8.48. The Kier molecular flexibility index (Phi) is 6.06. The lowest BCUT2D eigenvalue weighted by atomic mass is 9.66. The van der Waals surface area contributed by atoms with Gasteiger partial charge in [0.2, 0.25) is 5.91 Å². The number of hydrogen-bond acceptors (Lipinski definition) is 3. The number of likely N-dealkylation sites (tertiary alicyclic amines) is 1. The second-order valence-corrected chi connectivity index (χ2v) is 10.4. The molecular formula is C26H33ClN2O2. The molecule has 1 aliphatic carbocycles. The summed E-state index contributed by atoms with van der Waals surface area (Å²) in [7, 11) is 0. The highest BCUT2D eigenvalue weighted by Gasteiger charge is 2.50. The first kappa shape index (κ1) is 22.2. The number of piperidine rings is 1. The van der Waals surface area contributed by atoms with E-state index in [9.17, 15) is 9.90 Å². The summed E-state index contributed by atoms with van der Waals surface area (Å²) in [5, 5.41) is 15.9. The molecule has 4 nitrogen and oxygen atoms in total. The Morgan fingerprint density at radius 1 is 1.16 bits per heavy atom. The molecule has 2 N–H and O–H groups in total. The minimum absolute atomic E-state index is 0.0157. The number of benzene rings is 2. The maximum Gasteiger partial charge on any atom is 0.227 e. The van der Waals surface area contributed by atoms with E-state index in [4.69, 9.17) is 11.6 Å². The number of anilines is 1. The van der Waals surface area contributed by atoms with Crippen molar-refractivity contribution in [1.29, 1.82) is 0 Å². The number of rotatable bonds is 4. The molecule has 0 radical (unpaired) electrons. The quantitative estimate of drug-likeness (QED) is 0.671. The van der Waals surface area contributed by atoms with Crippen LogP contribution in [0.4, 0.5) is 5.69 Å². The van der Waals surface area contributed by atoms with Gasteiger partial charge in [-0.05, 0) is 61.6 Å². The summed E-state index contributed by atoms with van der Waals surface area (Å²) < 4.78 is 0. The second-order valence-electron chi connectivity index (χ2n) is 9.92. The predicted molar refractivity (Wildman–Crippen MR) is 126 cm³/mol. The molecule has 0 unspecified atom stereocenters. The average molecular weight is 441 g/mol. The zero-order valence-corrected chi connectivity index (χ0v) is 19.5. The maximum atomic E-state index is 13.5. The molecule has 2 aliphatic rings. The minimum atomic E-state index is -0.983. The molecule has 1 heterocycles. The van der Waals surface area contributed by atoms with Crippen LogP contribution in [0.15, 0.2) is 48.5 Å². The third kappa shape index (κ3) is 4.33. The predicted octanol–water partition coefficient (Wildman–Crippen LogP) is 5.38. The van der Waals surface area contributed by atoms with Gasteiger partial charge in [-0.1, -0.05) is 56.1 Å². The molecular weight excluding hydrogens is 408 g/mol. The van der Waals surface area contributed by atoms with Crippen LogP contribution in [0.5, 0.6) is 0 Å². The summed E-state index contributed by atoms with van der Waals surface area (Å²) in [5.74, 6) is 0.201. The van der Waals surface area contributed by atoms with E-state index >= 15 is 0 Å². The highest BCUT2D eigenvalue weighted by Crippen LogP contribution is 2.47. The lowest BCUT2D eigenvalue weighted by Gasteiger charge is -2.51. The molecule has 2 fully saturated rings. The number of amides is 1. The van der Waals surface area contributed by atoms with Crippen molar-refractivity contribution in [3.8, 4) is 0 Å². The Hall–Kier alpha value is -2.04. The zero-order valence-electron chi connectivity index (χ0n) is 18.7. The molecule has 1 saturated carbocycles. The molecule has 4 rings (SSSR count). The monoisotopic (exact) mass is 440 g/mol. The van der Waals surface area contributed by atoms with Gasteiger partial charge < -0.3 is 15.3 Å². The van der Waals surface area contributed by atoms with Gasteiger partial charge in [0.25, 0.3) is 0 Å². The molecule has 31 heavy (non-hydrogen) atoms. The van der Waals surface area contributed by atoms with Crippen LogP contribution in [0.1, 0.15) is 50.7 Å². The number of aliphatic hydroxyl groups is 1. The van der Waals surface area contributed by atoms with Crippen LogP contribution in [0.2, 0.25) is 5.02 Å². The Balaban J connectivity index is 1.47. The van der Waals surface area contributed by atoms with E-state index in [-0.39, 0.29) is 17.9 Å². The van der Waals surface area contributed by atoms with Crippen molar-refractivity contribution in [2.24, 2.45) is 11.3 Å². The molecule has 0 spiro atoms. The van der Waals surface area contributed by atoms with Crippen LogP contribution < -0.4 is 5.32 Å². The summed E-state index contributed by atoms with van der Waals surface area (Å²) >= 11 is 6.04. The maximum absolute atomic E-state index is 13.5. The van der Waals surface area contributed by atoms with Crippen LogP contribution >= 0.6 is 11.6 Å². The summed E-state index contributed by atoms with van der Waals surface area (Å²) in [4.78, 5) is 15.5. The molecule has 5 heteroatoms. The molecule has 3 atom stereocenters. The van der Waals surface area contributed by atoms with E-state index in [0.717, 1.165) is 30.5 Å². The molecule has 1 aliphatic heterocycles. The molecule has 2 aromatic rings. The van der Waals surface area contributed by atoms with Gasteiger partial charge in [-0.15, -0.1) is 0 Å². The fourth-order valence-electron chi connectivity index (χ4n) is 5.38. The van der Waals surface area contributed by atoms with Crippen molar-refractivity contribution in [2.45, 2.75) is 58.1 Å². The summed E-state index contributed by atoms with van der Waals surface area (Å²) in [6.07, 6.45) is 3.51. The SMILES string of the molecule is Cc1cccc(N[C@@H]2CCC[C@@H]2C(=O)N2CC[C@](O)(c3ccc(Cl)cc3)C(C)(C)C2)c1. The van der Waals surface area contributed by atoms with Crippen molar-refractivity contribution in [2.75, 3.05) is 18.4 Å². The van der Waals surface area contributed by atoms with E-state index in [0.29, 0.717) is 24.5 Å². The third-order valence-electron chi connectivity index (χ3n) is 7.29. The smallest absolute Gasteiger partial charge is 0.227 e. The number of carbonyl (C=O) groups excluding carboxylic acids is 1. The van der Waals surface area contributed by atoms with Crippen LogP contribution in [-0.4, -0.2) is 35.0 Å². The average Bonchev–Trinajstić information content (AvgIpc) is 3.18. The fourth-order valence-corrected chi connectivity index (χ4v) is 5.51. The highest BCUT2D eigenvalue weighted by atomic mass is 35.5. The van der Waals surface area contributed by atoms with E-state index in [2.05, 4.69) is 44.3 Å². The van der Waals surface area contributed by atoms with Gasteiger partial charge in [0, 0.05) is 35.3 Å². The Labute approximate surface area is 190 Å². The van der Waals surface area contributed by atoms with Gasteiger partial charge in [-0.2, -0.15) is 0 Å². The minimum Gasteiger partial charge on any atom is -0.384 e. The molecule has 0 aromatic heterocycles. The van der Waals surface area contributed by atoms with Crippen molar-refractivity contribution < 1.29 is 9.90 Å². The number of halogens is 1. The Bertz CT molecular complexity index is 943. The molecule has 2 aromatic carbocycles. The van der Waals surface area contributed by atoms with Gasteiger partial charge in [0.05, 0.1) is 11.5 Å². The van der Waals surface area contributed by atoms with Crippen LogP contribution in [0, 0.1) is 18.3 Å². The number of nitrogens with zero attached hydrogens (tertiary/aromatic N) is 1. The van der Waals surface area contributed by atoms with Crippen molar-refractivity contribution in [3.05, 3.63) is 64.7 Å². The number of aryl methyl sites for hydroxylation is 1. The van der Waals surface area contributed by atoms with E-state index in [1.54, 1.807) is 0 Å². The summed E-state index contributed by atoms with van der Waals surface area (Å²) in [6, 6.07) is 16.0. The van der Waals surface area contributed by atoms with E-state index < -0.39 is 11.0 Å². The van der Waals surface area contributed by atoms with E-state index in [1.807, 2.05) is 35.2 Å². The molecule has 166 valence electrons. The number of nitrogens with one attached hydrogen (secondary N) is 1. The first-order valence-corrected chi connectivity index (χ1v) is 11.7. The lowest BCUT2D eigenvalue weighted by Crippen LogP contribution is -2.58. The molecule has 0 bridgehead atoms. The van der Waals surface area contributed by atoms with Crippen molar-refractivity contribution in [1.82, 2.24) is 4.90 Å². The number of carbonyl (C=O) groups is 1. The van der Waals surface area contributed by atoms with Crippen LogP contribution in [0.3, 0.4) is 0 Å². The highest BCUT2D eigenvalue weighted by molar-refractivity contribution is 6.30. The van der Waals surface area contributed by atoms with Gasteiger partial charge in [0.1, 0.15) is 0 Å². The Morgan fingerprint density at radius 3 is 2.58 bits per heavy atom. The van der Waals surface area contributed by atoms with Crippen molar-refractivity contribution >= 4 is 23.2 Å². The standard InChI is InChI=1S/C26H33ClN2O2/c1-18-6-4-7-21(16-18)28-23-9-5-8-22(23)24(30)29-15-14-26(31,25(2,3)17-29)19-10-12-20(27)13-11-19/h4,6-7,10-13,16,22-23,28,31H,5,8-9,14-15,17H2,1-3H3/t22-,23+,26-/m0/s1. The van der Waals surface area contributed by atoms with Gasteiger partial charge >= 0.3 is 0 Å². The fraction of sp³-hybridized carbons (Fsp3) is 0.500. The first-order chi connectivity index (χ1) is 14.7. The topological polar surface area (TPSA) is 52.6 Å². The largest absolute Gasteiger partial charge is 0.384 e. The zero-order chi connectivity index (χ0) is 22.2. The van der Waals surface area contributed by atoms with E-state index in [1.165, 1.54) is 5.56 Å². The van der Waals surface area contributed by atoms with Crippen molar-refractivity contribution in [3.63, 3.8) is 0 Å². The summed E-state index contributed by atoms with van der Waals surface area (Å²) in [6.45, 7) is 7.30. The number of hydrogen-bond donors (Lipinski definition) is 2. The lowest BCUT2D eigenvalue weighted by molar-refractivity contribution is -0.156. The molecule has 1 amide bonds. The van der Waals surface area contributed by atoms with Gasteiger partial charge in [0.15, 0.2) is 0 Å². The van der Waals surface area contributed by atoms with Gasteiger partial charge in [-0.25, -0.2) is 0 Å². The first-order valence-electron chi connectivity index (χ1n) is 11.3. The molecule has 1 saturated heterocycles. The van der Waals surface area contributed by atoms with Crippen LogP contribution in [-0.2, 0) is 10.4 Å².